The number of carbonyl (C=O) groups excluding carboxylic acids is 2. The lowest BCUT2D eigenvalue weighted by Crippen LogP contribution is -2.40. The summed E-state index contributed by atoms with van der Waals surface area (Å²) in [7, 11) is 0. The Hall–Kier alpha value is -2.38. The van der Waals surface area contributed by atoms with E-state index >= 15 is 0 Å². The number of nitrogens with zero attached hydrogens (tertiary/aromatic N) is 2. The molecule has 0 saturated carbocycles. The molecule has 3 aliphatic heterocycles. The number of halogens is 1. The highest BCUT2D eigenvalue weighted by molar-refractivity contribution is 9.10. The number of anilines is 1. The van der Waals surface area contributed by atoms with Gasteiger partial charge in [0.1, 0.15) is 0 Å². The van der Waals surface area contributed by atoms with Crippen molar-refractivity contribution in [3.05, 3.63) is 50.8 Å². The zero-order valence-electron chi connectivity index (χ0n) is 18.5. The predicted molar refractivity (Wildman–Crippen MR) is 131 cm³/mol. The standard InChI is InChI=1S/C25H29BrN4O2/c1-16-22(15-19-18-14-17(26)7-8-20(18)28-24(19)31)27-21-6-5-11-30(25(32)23(16)21)13-12-29-9-3-2-4-10-29/h7-8,14-15,27H,2-6,9-13H2,1H3,(H,28,31). The summed E-state index contributed by atoms with van der Waals surface area (Å²) in [5, 5.41) is 2.93. The Bertz CT molecular complexity index is 1100. The summed E-state index contributed by atoms with van der Waals surface area (Å²) in [5.74, 6) is 0.00343. The van der Waals surface area contributed by atoms with Crippen LogP contribution in [-0.2, 0) is 11.2 Å². The number of piperidine rings is 1. The number of benzene rings is 1. The van der Waals surface area contributed by atoms with Gasteiger partial charge in [0, 0.05) is 46.7 Å². The Labute approximate surface area is 197 Å². The van der Waals surface area contributed by atoms with Gasteiger partial charge in [0.15, 0.2) is 0 Å². The van der Waals surface area contributed by atoms with E-state index in [-0.39, 0.29) is 11.8 Å². The molecule has 5 rings (SSSR count). The highest BCUT2D eigenvalue weighted by Gasteiger charge is 2.29. The number of aryl methyl sites for hydroxylation is 1. The van der Waals surface area contributed by atoms with E-state index in [1.54, 1.807) is 0 Å². The molecule has 6 nitrogen and oxygen atoms in total. The van der Waals surface area contributed by atoms with Crippen molar-refractivity contribution in [2.24, 2.45) is 0 Å². The number of fused-ring (bicyclic) bond motifs is 2. The number of nitrogens with one attached hydrogen (secondary N) is 2. The number of amides is 2. The number of rotatable bonds is 4. The van der Waals surface area contributed by atoms with Crippen LogP contribution in [0.1, 0.15) is 58.6 Å². The second-order valence-corrected chi connectivity index (χ2v) is 9.93. The Morgan fingerprint density at radius 2 is 1.88 bits per heavy atom. The largest absolute Gasteiger partial charge is 0.358 e. The van der Waals surface area contributed by atoms with Crippen molar-refractivity contribution in [2.45, 2.75) is 39.0 Å². The minimum Gasteiger partial charge on any atom is -0.358 e. The molecule has 2 amide bonds. The minimum absolute atomic E-state index is 0.114. The molecule has 0 bridgehead atoms. The molecule has 7 heteroatoms. The molecule has 168 valence electrons. The Morgan fingerprint density at radius 3 is 2.69 bits per heavy atom. The number of aromatic amines is 1. The lowest BCUT2D eigenvalue weighted by Gasteiger charge is -2.29. The lowest BCUT2D eigenvalue weighted by atomic mass is 10.0. The third-order valence-corrected chi connectivity index (χ3v) is 7.40. The fraction of sp³-hybridized carbons (Fsp3) is 0.440. The maximum absolute atomic E-state index is 13.5. The number of likely N-dealkylation sites (tertiary alicyclic amines) is 1. The summed E-state index contributed by atoms with van der Waals surface area (Å²) in [4.78, 5) is 34.1. The van der Waals surface area contributed by atoms with Gasteiger partial charge in [-0.1, -0.05) is 22.4 Å². The van der Waals surface area contributed by atoms with Crippen LogP contribution in [-0.4, -0.2) is 59.3 Å². The summed E-state index contributed by atoms with van der Waals surface area (Å²) >= 11 is 3.50. The van der Waals surface area contributed by atoms with Crippen molar-refractivity contribution in [1.29, 1.82) is 0 Å². The molecule has 0 unspecified atom stereocenters. The van der Waals surface area contributed by atoms with Crippen LogP contribution in [0.2, 0.25) is 0 Å². The monoisotopic (exact) mass is 496 g/mol. The highest BCUT2D eigenvalue weighted by atomic mass is 79.9. The SMILES string of the molecule is Cc1c(C=C2C(=O)Nc3ccc(Br)cc32)[nH]c2c1C(=O)N(CCN1CCCCC1)CCC2. The summed E-state index contributed by atoms with van der Waals surface area (Å²) in [6, 6.07) is 5.77. The van der Waals surface area contributed by atoms with Crippen molar-refractivity contribution >= 4 is 45.1 Å². The van der Waals surface area contributed by atoms with E-state index in [1.165, 1.54) is 19.3 Å². The van der Waals surface area contributed by atoms with Crippen LogP contribution < -0.4 is 5.32 Å². The van der Waals surface area contributed by atoms with Gasteiger partial charge in [-0.25, -0.2) is 0 Å². The Kier molecular flexibility index (Phi) is 5.95. The average molecular weight is 497 g/mol. The van der Waals surface area contributed by atoms with E-state index in [0.29, 0.717) is 5.57 Å². The van der Waals surface area contributed by atoms with Crippen LogP contribution >= 0.6 is 15.9 Å². The van der Waals surface area contributed by atoms with Crippen LogP contribution in [0.25, 0.3) is 11.6 Å². The van der Waals surface area contributed by atoms with Crippen molar-refractivity contribution in [3.8, 4) is 0 Å². The third kappa shape index (κ3) is 4.04. The number of aromatic nitrogens is 1. The maximum Gasteiger partial charge on any atom is 0.256 e. The van der Waals surface area contributed by atoms with E-state index in [1.807, 2.05) is 36.1 Å². The van der Waals surface area contributed by atoms with Crippen molar-refractivity contribution in [3.63, 3.8) is 0 Å². The van der Waals surface area contributed by atoms with E-state index in [4.69, 9.17) is 0 Å². The molecule has 4 heterocycles. The molecule has 0 spiro atoms. The first kappa shape index (κ1) is 21.5. The van der Waals surface area contributed by atoms with E-state index in [2.05, 4.69) is 31.1 Å². The first-order valence-corrected chi connectivity index (χ1v) is 12.4. The average Bonchev–Trinajstić information content (AvgIpc) is 3.20. The normalized spacial score (nSPS) is 20.3. The van der Waals surface area contributed by atoms with Gasteiger partial charge in [-0.05, 0) is 75.5 Å². The first-order valence-electron chi connectivity index (χ1n) is 11.6. The van der Waals surface area contributed by atoms with Gasteiger partial charge in [-0.2, -0.15) is 0 Å². The van der Waals surface area contributed by atoms with Crippen LogP contribution in [0.4, 0.5) is 5.69 Å². The van der Waals surface area contributed by atoms with Crippen LogP contribution in [0.5, 0.6) is 0 Å². The fourth-order valence-corrected chi connectivity index (χ4v) is 5.47. The molecule has 32 heavy (non-hydrogen) atoms. The molecule has 1 fully saturated rings. The molecular formula is C25H29BrN4O2. The Balaban J connectivity index is 1.41. The molecule has 3 aliphatic rings. The number of hydrogen-bond donors (Lipinski definition) is 2. The first-order chi connectivity index (χ1) is 15.5. The van der Waals surface area contributed by atoms with Gasteiger partial charge in [-0.15, -0.1) is 0 Å². The van der Waals surface area contributed by atoms with Crippen LogP contribution in [0, 0.1) is 6.92 Å². The molecule has 2 aromatic rings. The maximum atomic E-state index is 13.5. The molecule has 1 saturated heterocycles. The molecule has 2 N–H and O–H groups in total. The van der Waals surface area contributed by atoms with Crippen LogP contribution in [0.3, 0.4) is 0 Å². The lowest BCUT2D eigenvalue weighted by molar-refractivity contribution is -0.110. The highest BCUT2D eigenvalue weighted by Crippen LogP contribution is 2.36. The van der Waals surface area contributed by atoms with Gasteiger partial charge < -0.3 is 20.1 Å². The van der Waals surface area contributed by atoms with E-state index < -0.39 is 0 Å². The molecule has 1 aromatic heterocycles. The van der Waals surface area contributed by atoms with Crippen LogP contribution in [0.15, 0.2) is 22.7 Å². The van der Waals surface area contributed by atoms with Gasteiger partial charge in [0.2, 0.25) is 0 Å². The second kappa shape index (κ2) is 8.87. The molecule has 0 radical (unpaired) electrons. The molecule has 0 atom stereocenters. The molecule has 0 aliphatic carbocycles. The number of carbonyl (C=O) groups is 2. The fourth-order valence-electron chi connectivity index (χ4n) is 5.11. The quantitative estimate of drug-likeness (QED) is 0.614. The van der Waals surface area contributed by atoms with Gasteiger partial charge in [0.25, 0.3) is 11.8 Å². The van der Waals surface area contributed by atoms with Gasteiger partial charge in [0.05, 0.1) is 11.1 Å². The summed E-state index contributed by atoms with van der Waals surface area (Å²) in [5.41, 5.74) is 5.87. The topological polar surface area (TPSA) is 68.4 Å². The summed E-state index contributed by atoms with van der Waals surface area (Å²) in [6.07, 6.45) is 7.54. The van der Waals surface area contributed by atoms with E-state index in [9.17, 15) is 9.59 Å². The second-order valence-electron chi connectivity index (χ2n) is 9.02. The van der Waals surface area contributed by atoms with Gasteiger partial charge in [-0.3, -0.25) is 9.59 Å². The zero-order chi connectivity index (χ0) is 22.2. The zero-order valence-corrected chi connectivity index (χ0v) is 20.1. The predicted octanol–water partition coefficient (Wildman–Crippen LogP) is 4.45. The number of H-pyrrole nitrogens is 1. The van der Waals surface area contributed by atoms with Crippen molar-refractivity contribution < 1.29 is 9.59 Å². The smallest absolute Gasteiger partial charge is 0.256 e. The van der Waals surface area contributed by atoms with Crippen molar-refractivity contribution in [2.75, 3.05) is 38.0 Å². The molecule has 1 aromatic carbocycles. The summed E-state index contributed by atoms with van der Waals surface area (Å²) < 4.78 is 0.928. The van der Waals surface area contributed by atoms with Gasteiger partial charge >= 0.3 is 0 Å². The number of hydrogen-bond acceptors (Lipinski definition) is 3. The third-order valence-electron chi connectivity index (χ3n) is 6.91. The summed E-state index contributed by atoms with van der Waals surface area (Å²) in [6.45, 7) is 6.81. The van der Waals surface area contributed by atoms with E-state index in [0.717, 1.165) is 83.8 Å². The molecular weight excluding hydrogens is 468 g/mol. The Morgan fingerprint density at radius 1 is 1.06 bits per heavy atom. The minimum atomic E-state index is -0.114. The van der Waals surface area contributed by atoms with Crippen molar-refractivity contribution in [1.82, 2.24) is 14.8 Å².